The second-order valence-corrected chi connectivity index (χ2v) is 11.3. The zero-order chi connectivity index (χ0) is 26.8. The molecule has 6 rings (SSSR count). The summed E-state index contributed by atoms with van der Waals surface area (Å²) in [5.74, 6) is -1.78. The van der Waals surface area contributed by atoms with Gasteiger partial charge in [0.25, 0.3) is 0 Å². The number of fused-ring (bicyclic) bond motifs is 4. The number of cyclic esters (lactones) is 1. The highest BCUT2D eigenvalue weighted by molar-refractivity contribution is 5.70. The van der Waals surface area contributed by atoms with Crippen LogP contribution in [-0.4, -0.2) is 48.7 Å². The van der Waals surface area contributed by atoms with Gasteiger partial charge in [-0.25, -0.2) is 13.6 Å². The molecule has 2 aliphatic heterocycles. The third-order valence-corrected chi connectivity index (χ3v) is 9.12. The van der Waals surface area contributed by atoms with E-state index >= 15 is 0 Å². The number of amides is 1. The van der Waals surface area contributed by atoms with Crippen molar-refractivity contribution in [2.24, 2.45) is 0 Å². The van der Waals surface area contributed by atoms with Crippen LogP contribution >= 0.6 is 0 Å². The van der Waals surface area contributed by atoms with Crippen molar-refractivity contribution in [1.29, 1.82) is 0 Å². The van der Waals surface area contributed by atoms with Crippen molar-refractivity contribution in [3.8, 4) is 0 Å². The monoisotopic (exact) mass is 530 g/mol. The number of rotatable bonds is 7. The van der Waals surface area contributed by atoms with Crippen LogP contribution < -0.4 is 0 Å². The van der Waals surface area contributed by atoms with Crippen LogP contribution in [0, 0.1) is 11.6 Å². The summed E-state index contributed by atoms with van der Waals surface area (Å²) in [5, 5.41) is 0. The summed E-state index contributed by atoms with van der Waals surface area (Å²) in [7, 11) is 0. The molecule has 0 saturated carbocycles. The number of benzene rings is 3. The van der Waals surface area contributed by atoms with Gasteiger partial charge in [0.1, 0.15) is 6.61 Å². The third kappa shape index (κ3) is 5.07. The lowest BCUT2D eigenvalue weighted by Crippen LogP contribution is -2.44. The second-order valence-electron chi connectivity index (χ2n) is 11.3. The number of halogens is 2. The van der Waals surface area contributed by atoms with Gasteiger partial charge in [0.05, 0.1) is 6.04 Å². The molecule has 2 heterocycles. The zero-order valence-corrected chi connectivity index (χ0v) is 22.4. The lowest BCUT2D eigenvalue weighted by atomic mass is 9.66. The van der Waals surface area contributed by atoms with E-state index < -0.39 is 11.6 Å². The Morgan fingerprint density at radius 2 is 1.44 bits per heavy atom. The maximum atomic E-state index is 13.7. The van der Waals surface area contributed by atoms with E-state index in [2.05, 4.69) is 53.4 Å². The van der Waals surface area contributed by atoms with E-state index in [9.17, 15) is 13.6 Å². The summed E-state index contributed by atoms with van der Waals surface area (Å²) in [5.41, 5.74) is 6.74. The molecule has 3 aliphatic rings. The van der Waals surface area contributed by atoms with Gasteiger partial charge in [0.2, 0.25) is 0 Å². The molecule has 2 fully saturated rings. The number of ether oxygens (including phenoxy) is 1. The molecule has 4 nitrogen and oxygen atoms in total. The molecular weight excluding hydrogens is 494 g/mol. The van der Waals surface area contributed by atoms with Crippen molar-refractivity contribution in [3.63, 3.8) is 0 Å². The van der Waals surface area contributed by atoms with Gasteiger partial charge in [-0.1, -0.05) is 61.0 Å². The van der Waals surface area contributed by atoms with E-state index in [-0.39, 0.29) is 24.2 Å². The number of likely N-dealkylation sites (tertiary alicyclic amines) is 1. The molecule has 1 aliphatic carbocycles. The number of nitrogens with zero attached hydrogens (tertiary/aromatic N) is 2. The number of aryl methyl sites for hydroxylation is 2. The van der Waals surface area contributed by atoms with Crippen molar-refractivity contribution in [2.75, 3.05) is 32.8 Å². The van der Waals surface area contributed by atoms with Gasteiger partial charge in [-0.15, -0.1) is 0 Å². The minimum absolute atomic E-state index is 0.102. The Hall–Kier alpha value is -3.25. The second kappa shape index (κ2) is 11.1. The Labute approximate surface area is 229 Å². The van der Waals surface area contributed by atoms with Crippen LogP contribution in [0.3, 0.4) is 0 Å². The number of carbonyl (C=O) groups is 1. The Morgan fingerprint density at radius 3 is 2.10 bits per heavy atom. The largest absolute Gasteiger partial charge is 0.447 e. The molecular formula is C33H36F2N2O2. The fourth-order valence-electron chi connectivity index (χ4n) is 7.01. The number of piperidine rings is 1. The molecule has 0 radical (unpaired) electrons. The van der Waals surface area contributed by atoms with Crippen LogP contribution in [0.5, 0.6) is 0 Å². The smallest absolute Gasteiger partial charge is 0.410 e. The molecule has 0 N–H and O–H groups in total. The summed E-state index contributed by atoms with van der Waals surface area (Å²) in [6.07, 6.45) is 7.04. The normalized spacial score (nSPS) is 20.4. The fourth-order valence-corrected chi connectivity index (χ4v) is 7.01. The molecule has 1 amide bonds. The van der Waals surface area contributed by atoms with Crippen molar-refractivity contribution in [1.82, 2.24) is 9.80 Å². The SMILES string of the molecule is O=C1OC[C@H](c2ccc(F)c(F)c2)N1CCCCCN1CCC2(CC1)c1ccccc1CCc1ccccc12. The van der Waals surface area contributed by atoms with E-state index in [1.807, 2.05) is 0 Å². The van der Waals surface area contributed by atoms with Crippen molar-refractivity contribution in [3.05, 3.63) is 106 Å². The van der Waals surface area contributed by atoms with Crippen LogP contribution in [0.2, 0.25) is 0 Å². The Kier molecular flexibility index (Phi) is 7.39. The maximum Gasteiger partial charge on any atom is 0.410 e. The first-order valence-corrected chi connectivity index (χ1v) is 14.3. The predicted molar refractivity (Wildman–Crippen MR) is 148 cm³/mol. The number of carbonyl (C=O) groups excluding carboxylic acids is 1. The van der Waals surface area contributed by atoms with Crippen molar-refractivity contribution in [2.45, 2.75) is 56.4 Å². The van der Waals surface area contributed by atoms with Gasteiger partial charge in [-0.05, 0) is 98.1 Å². The van der Waals surface area contributed by atoms with Gasteiger partial charge in [0.15, 0.2) is 11.6 Å². The van der Waals surface area contributed by atoms with Crippen LogP contribution in [0.15, 0.2) is 66.7 Å². The van der Waals surface area contributed by atoms with E-state index in [0.29, 0.717) is 12.1 Å². The molecule has 0 unspecified atom stereocenters. The van der Waals surface area contributed by atoms with Gasteiger partial charge < -0.3 is 9.64 Å². The van der Waals surface area contributed by atoms with Crippen molar-refractivity contribution < 1.29 is 18.3 Å². The molecule has 1 atom stereocenters. The molecule has 1 spiro atoms. The number of unbranched alkanes of at least 4 members (excludes halogenated alkanes) is 2. The first-order chi connectivity index (χ1) is 19.0. The van der Waals surface area contributed by atoms with Gasteiger partial charge in [0, 0.05) is 12.0 Å². The number of hydrogen-bond donors (Lipinski definition) is 0. The summed E-state index contributed by atoms with van der Waals surface area (Å²) >= 11 is 0. The molecule has 3 aromatic rings. The van der Waals surface area contributed by atoms with Crippen LogP contribution in [-0.2, 0) is 23.0 Å². The van der Waals surface area contributed by atoms with E-state index in [1.165, 1.54) is 34.4 Å². The maximum absolute atomic E-state index is 13.7. The van der Waals surface area contributed by atoms with E-state index in [0.717, 1.165) is 70.6 Å². The molecule has 2 saturated heterocycles. The highest BCUT2D eigenvalue weighted by Crippen LogP contribution is 2.46. The Balaban J connectivity index is 1.03. The van der Waals surface area contributed by atoms with Gasteiger partial charge >= 0.3 is 6.09 Å². The summed E-state index contributed by atoms with van der Waals surface area (Å²) < 4.78 is 32.3. The van der Waals surface area contributed by atoms with Gasteiger partial charge in [-0.3, -0.25) is 4.90 Å². The minimum atomic E-state index is -0.897. The van der Waals surface area contributed by atoms with E-state index in [4.69, 9.17) is 4.74 Å². The number of hydrogen-bond acceptors (Lipinski definition) is 3. The van der Waals surface area contributed by atoms with Gasteiger partial charge in [-0.2, -0.15) is 0 Å². The third-order valence-electron chi connectivity index (χ3n) is 9.12. The highest BCUT2D eigenvalue weighted by atomic mass is 19.2. The van der Waals surface area contributed by atoms with Crippen LogP contribution in [0.1, 0.15) is 66.0 Å². The minimum Gasteiger partial charge on any atom is -0.447 e. The predicted octanol–water partition coefficient (Wildman–Crippen LogP) is 6.81. The molecule has 3 aromatic carbocycles. The lowest BCUT2D eigenvalue weighted by Gasteiger charge is -2.44. The quantitative estimate of drug-likeness (QED) is 0.315. The molecule has 6 heteroatoms. The highest BCUT2D eigenvalue weighted by Gasteiger charge is 2.41. The Morgan fingerprint density at radius 1 is 0.795 bits per heavy atom. The lowest BCUT2D eigenvalue weighted by molar-refractivity contribution is 0.156. The standard InChI is InChI=1S/C33H36F2N2O2/c34-29-15-14-26(22-30(29)35)31-23-39-32(38)37(31)19-7-1-6-18-36-20-16-33(17-21-36)27-10-4-2-8-24(27)12-13-25-9-3-5-11-28(25)33/h2-5,8-11,14-15,22,31H,1,6-7,12-13,16-21,23H2/t31-/m1/s1. The first kappa shape index (κ1) is 26.0. The summed E-state index contributed by atoms with van der Waals surface area (Å²) in [6.45, 7) is 3.94. The average Bonchev–Trinajstić information content (AvgIpc) is 3.27. The molecule has 204 valence electrons. The summed E-state index contributed by atoms with van der Waals surface area (Å²) in [6, 6.07) is 21.6. The summed E-state index contributed by atoms with van der Waals surface area (Å²) in [4.78, 5) is 16.5. The molecule has 39 heavy (non-hydrogen) atoms. The van der Waals surface area contributed by atoms with Crippen molar-refractivity contribution >= 4 is 6.09 Å². The molecule has 0 aromatic heterocycles. The fraction of sp³-hybridized carbons (Fsp3) is 0.424. The average molecular weight is 531 g/mol. The molecule has 0 bridgehead atoms. The van der Waals surface area contributed by atoms with Crippen LogP contribution in [0.25, 0.3) is 0 Å². The topological polar surface area (TPSA) is 32.8 Å². The van der Waals surface area contributed by atoms with E-state index in [1.54, 1.807) is 4.90 Å². The first-order valence-electron chi connectivity index (χ1n) is 14.3. The Bertz CT molecular complexity index is 1290. The van der Waals surface area contributed by atoms with Crippen LogP contribution in [0.4, 0.5) is 13.6 Å². The zero-order valence-electron chi connectivity index (χ0n) is 22.4.